The number of thioether (sulfide) groups is 1. The van der Waals surface area contributed by atoms with Crippen molar-refractivity contribution in [2.24, 2.45) is 0 Å². The summed E-state index contributed by atoms with van der Waals surface area (Å²) in [6, 6.07) is 5.71. The Hall–Kier alpha value is -2.15. The lowest BCUT2D eigenvalue weighted by Gasteiger charge is -2.36. The minimum Gasteiger partial charge on any atom is -0.486 e. The molecule has 2 N–H and O–H groups in total. The third-order valence-corrected chi connectivity index (χ3v) is 6.63. The predicted octanol–water partition coefficient (Wildman–Crippen LogP) is 2.69. The zero-order chi connectivity index (χ0) is 18.8. The van der Waals surface area contributed by atoms with E-state index < -0.39 is 0 Å². The second-order valence-corrected chi connectivity index (χ2v) is 8.44. The van der Waals surface area contributed by atoms with Crippen molar-refractivity contribution in [1.29, 1.82) is 0 Å². The molecule has 1 saturated carbocycles. The van der Waals surface area contributed by atoms with Gasteiger partial charge in [0.1, 0.15) is 13.2 Å². The van der Waals surface area contributed by atoms with Crippen LogP contribution in [0.3, 0.4) is 0 Å². The van der Waals surface area contributed by atoms with Crippen molar-refractivity contribution in [1.82, 2.24) is 10.6 Å². The SMILES string of the molecule is CC(NC(=O)/C=C1\SC2CCCCC2NC1=O)c1ccc2c(c1)OCCO2. The number of carbonyl (C=O) groups is 2. The molecule has 3 aliphatic rings. The molecule has 1 aromatic rings. The molecule has 27 heavy (non-hydrogen) atoms. The molecule has 6 nitrogen and oxygen atoms in total. The van der Waals surface area contributed by atoms with Crippen LogP contribution in [0.25, 0.3) is 0 Å². The summed E-state index contributed by atoms with van der Waals surface area (Å²) in [5, 5.41) is 6.37. The zero-order valence-corrected chi connectivity index (χ0v) is 16.1. The van der Waals surface area contributed by atoms with Crippen LogP contribution in [-0.4, -0.2) is 36.3 Å². The Labute approximate surface area is 163 Å². The van der Waals surface area contributed by atoms with E-state index in [2.05, 4.69) is 10.6 Å². The van der Waals surface area contributed by atoms with E-state index in [1.54, 1.807) is 11.8 Å². The van der Waals surface area contributed by atoms with Gasteiger partial charge in [0.2, 0.25) is 5.91 Å². The first kappa shape index (κ1) is 18.2. The monoisotopic (exact) mass is 388 g/mol. The van der Waals surface area contributed by atoms with Gasteiger partial charge in [-0.05, 0) is 37.5 Å². The number of fused-ring (bicyclic) bond motifs is 2. The second kappa shape index (κ2) is 7.84. The van der Waals surface area contributed by atoms with E-state index in [4.69, 9.17) is 9.47 Å². The number of nitrogens with one attached hydrogen (secondary N) is 2. The molecular formula is C20H24N2O4S. The van der Waals surface area contributed by atoms with Crippen LogP contribution in [0, 0.1) is 0 Å². The summed E-state index contributed by atoms with van der Waals surface area (Å²) in [6.45, 7) is 2.98. The molecule has 1 aromatic carbocycles. The summed E-state index contributed by atoms with van der Waals surface area (Å²) in [6.07, 6.45) is 5.89. The van der Waals surface area contributed by atoms with Crippen LogP contribution < -0.4 is 20.1 Å². The Bertz CT molecular complexity index is 779. The van der Waals surface area contributed by atoms with E-state index in [-0.39, 0.29) is 23.9 Å². The largest absolute Gasteiger partial charge is 0.486 e. The molecule has 0 bridgehead atoms. The molecule has 4 rings (SSSR count). The van der Waals surface area contributed by atoms with Crippen LogP contribution in [0.5, 0.6) is 11.5 Å². The molecule has 0 aromatic heterocycles. The molecule has 0 spiro atoms. The fraction of sp³-hybridized carbons (Fsp3) is 0.500. The summed E-state index contributed by atoms with van der Waals surface area (Å²) in [4.78, 5) is 25.2. The van der Waals surface area contributed by atoms with Gasteiger partial charge >= 0.3 is 0 Å². The number of ether oxygens (including phenoxy) is 2. The lowest BCUT2D eigenvalue weighted by molar-refractivity contribution is -0.119. The summed E-state index contributed by atoms with van der Waals surface area (Å²) < 4.78 is 11.1. The Kier molecular flexibility index (Phi) is 5.29. The molecule has 144 valence electrons. The first-order valence-electron chi connectivity index (χ1n) is 9.49. The van der Waals surface area contributed by atoms with Gasteiger partial charge in [-0.25, -0.2) is 0 Å². The van der Waals surface area contributed by atoms with E-state index in [0.29, 0.717) is 29.1 Å². The molecular weight excluding hydrogens is 364 g/mol. The molecule has 2 amide bonds. The van der Waals surface area contributed by atoms with Gasteiger partial charge in [-0.3, -0.25) is 9.59 Å². The Morgan fingerprint density at radius 3 is 2.89 bits per heavy atom. The van der Waals surface area contributed by atoms with Crippen molar-refractivity contribution >= 4 is 23.6 Å². The minimum atomic E-state index is -0.260. The Morgan fingerprint density at radius 2 is 2.04 bits per heavy atom. The fourth-order valence-electron chi connectivity index (χ4n) is 3.75. The van der Waals surface area contributed by atoms with Crippen molar-refractivity contribution < 1.29 is 19.1 Å². The lowest BCUT2D eigenvalue weighted by Crippen LogP contribution is -2.48. The van der Waals surface area contributed by atoms with Crippen LogP contribution >= 0.6 is 11.8 Å². The highest BCUT2D eigenvalue weighted by Crippen LogP contribution is 2.37. The van der Waals surface area contributed by atoms with E-state index >= 15 is 0 Å². The molecule has 1 aliphatic carbocycles. The maximum Gasteiger partial charge on any atom is 0.258 e. The van der Waals surface area contributed by atoms with Gasteiger partial charge in [-0.2, -0.15) is 0 Å². The van der Waals surface area contributed by atoms with Crippen LogP contribution in [0.15, 0.2) is 29.2 Å². The fourth-order valence-corrected chi connectivity index (χ4v) is 5.07. The minimum absolute atomic E-state index is 0.134. The van der Waals surface area contributed by atoms with Gasteiger partial charge in [-0.1, -0.05) is 18.9 Å². The third-order valence-electron chi connectivity index (χ3n) is 5.21. The topological polar surface area (TPSA) is 76.7 Å². The Balaban J connectivity index is 1.41. The number of amides is 2. The lowest BCUT2D eigenvalue weighted by atomic mass is 9.94. The van der Waals surface area contributed by atoms with Crippen molar-refractivity contribution in [3.8, 4) is 11.5 Å². The van der Waals surface area contributed by atoms with Crippen molar-refractivity contribution in [3.63, 3.8) is 0 Å². The average Bonchev–Trinajstić information content (AvgIpc) is 2.68. The van der Waals surface area contributed by atoms with E-state index in [9.17, 15) is 9.59 Å². The van der Waals surface area contributed by atoms with Gasteiger partial charge < -0.3 is 20.1 Å². The smallest absolute Gasteiger partial charge is 0.258 e. The number of hydrogen-bond donors (Lipinski definition) is 2. The van der Waals surface area contributed by atoms with E-state index in [0.717, 1.165) is 30.6 Å². The first-order chi connectivity index (χ1) is 13.1. The summed E-state index contributed by atoms with van der Waals surface area (Å²) >= 11 is 1.55. The van der Waals surface area contributed by atoms with Gasteiger partial charge in [-0.15, -0.1) is 11.8 Å². The van der Waals surface area contributed by atoms with Crippen LogP contribution in [0.2, 0.25) is 0 Å². The molecule has 2 aliphatic heterocycles. The van der Waals surface area contributed by atoms with E-state index in [1.807, 2.05) is 25.1 Å². The second-order valence-electron chi connectivity index (χ2n) is 7.16. The molecule has 7 heteroatoms. The average molecular weight is 388 g/mol. The van der Waals surface area contributed by atoms with E-state index in [1.165, 1.54) is 12.5 Å². The normalized spacial score (nSPS) is 26.7. The van der Waals surface area contributed by atoms with Gasteiger partial charge in [0.05, 0.1) is 10.9 Å². The summed E-state index contributed by atoms with van der Waals surface area (Å²) in [7, 11) is 0. The van der Waals surface area contributed by atoms with Gasteiger partial charge in [0.25, 0.3) is 5.91 Å². The first-order valence-corrected chi connectivity index (χ1v) is 10.4. The molecule has 0 radical (unpaired) electrons. The van der Waals surface area contributed by atoms with Gasteiger partial charge in [0.15, 0.2) is 11.5 Å². The summed E-state index contributed by atoms with van der Waals surface area (Å²) in [5.74, 6) is 1.03. The molecule has 2 fully saturated rings. The molecule has 3 unspecified atom stereocenters. The highest BCUT2D eigenvalue weighted by molar-refractivity contribution is 8.04. The predicted molar refractivity (Wildman–Crippen MR) is 104 cm³/mol. The van der Waals surface area contributed by atoms with Gasteiger partial charge in [0, 0.05) is 17.4 Å². The van der Waals surface area contributed by atoms with Crippen LogP contribution in [0.4, 0.5) is 0 Å². The highest BCUT2D eigenvalue weighted by atomic mass is 32.2. The highest BCUT2D eigenvalue weighted by Gasteiger charge is 2.34. The molecule has 3 atom stereocenters. The van der Waals surface area contributed by atoms with Crippen LogP contribution in [-0.2, 0) is 9.59 Å². The summed E-state index contributed by atoms with van der Waals surface area (Å²) in [5.41, 5.74) is 0.930. The number of hydrogen-bond acceptors (Lipinski definition) is 5. The molecule has 1 saturated heterocycles. The van der Waals surface area contributed by atoms with Crippen molar-refractivity contribution in [3.05, 3.63) is 34.7 Å². The standard InChI is InChI=1S/C20H24N2O4S/c1-12(13-6-7-15-16(10-13)26-9-8-25-15)21-19(23)11-18-20(24)22-14-4-2-3-5-17(14)27-18/h6-7,10-12,14,17H,2-5,8-9H2,1H3,(H,21,23)(H,22,24)/b18-11-. The van der Waals surface area contributed by atoms with Crippen LogP contribution in [0.1, 0.15) is 44.2 Å². The maximum atomic E-state index is 12.5. The maximum absolute atomic E-state index is 12.5. The van der Waals surface area contributed by atoms with Crippen molar-refractivity contribution in [2.45, 2.75) is 49.9 Å². The third kappa shape index (κ3) is 4.08. The number of carbonyl (C=O) groups excluding carboxylic acids is 2. The Morgan fingerprint density at radius 1 is 1.26 bits per heavy atom. The van der Waals surface area contributed by atoms with Crippen molar-refractivity contribution in [2.75, 3.05) is 13.2 Å². The quantitative estimate of drug-likeness (QED) is 0.779. The zero-order valence-electron chi connectivity index (χ0n) is 15.3. The number of benzene rings is 1. The number of rotatable bonds is 3. The molecule has 2 heterocycles.